The van der Waals surface area contributed by atoms with Crippen LogP contribution in [-0.4, -0.2) is 9.97 Å². The predicted molar refractivity (Wildman–Crippen MR) is 67.3 cm³/mol. The second kappa shape index (κ2) is 5.12. The van der Waals surface area contributed by atoms with Crippen molar-refractivity contribution >= 4 is 10.9 Å². The maximum Gasteiger partial charge on any atom is 0.0456 e. The molecule has 0 saturated carbocycles. The molecule has 0 atom stereocenters. The molecule has 3 rings (SSSR count). The lowest BCUT2D eigenvalue weighted by atomic mass is 10.2. The molecular weight excluding hydrogens is 196 g/mol. The minimum atomic E-state index is 1.22. The van der Waals surface area contributed by atoms with Gasteiger partial charge in [-0.2, -0.15) is 0 Å². The number of nitrogens with one attached hydrogen (secondary N) is 1. The van der Waals surface area contributed by atoms with Crippen molar-refractivity contribution in [3.05, 3.63) is 66.6 Å². The molecule has 0 aliphatic heterocycles. The molecule has 2 heterocycles. The van der Waals surface area contributed by atoms with Gasteiger partial charge >= 0.3 is 0 Å². The van der Waals surface area contributed by atoms with E-state index < -0.39 is 0 Å². The summed E-state index contributed by atoms with van der Waals surface area (Å²) in [4.78, 5) is 6.95. The van der Waals surface area contributed by atoms with Crippen LogP contribution in [0.1, 0.15) is 5.56 Å². The maximum atomic E-state index is 3.78. The molecule has 0 bridgehead atoms. The van der Waals surface area contributed by atoms with Gasteiger partial charge in [-0.1, -0.05) is 18.2 Å². The zero-order valence-corrected chi connectivity index (χ0v) is 9.22. The summed E-state index contributed by atoms with van der Waals surface area (Å²) in [6, 6.07) is 14.2. The summed E-state index contributed by atoms with van der Waals surface area (Å²) in [6.45, 7) is 2.10. The van der Waals surface area contributed by atoms with Crippen LogP contribution in [0, 0.1) is 6.92 Å². The van der Waals surface area contributed by atoms with Crippen LogP contribution in [0.3, 0.4) is 0 Å². The molecule has 0 radical (unpaired) electrons. The van der Waals surface area contributed by atoms with Gasteiger partial charge in [-0.25, -0.2) is 0 Å². The van der Waals surface area contributed by atoms with E-state index in [0.29, 0.717) is 0 Å². The lowest BCUT2D eigenvalue weighted by molar-refractivity contribution is 1.33. The fourth-order valence-corrected chi connectivity index (χ4v) is 1.47. The van der Waals surface area contributed by atoms with Crippen LogP contribution in [0.25, 0.3) is 10.9 Å². The van der Waals surface area contributed by atoms with Crippen molar-refractivity contribution in [2.75, 3.05) is 0 Å². The van der Waals surface area contributed by atoms with Gasteiger partial charge in [0.15, 0.2) is 0 Å². The van der Waals surface area contributed by atoms with E-state index in [2.05, 4.69) is 41.2 Å². The number of hydrogen-bond donors (Lipinski definition) is 1. The Morgan fingerprint density at radius 1 is 1.00 bits per heavy atom. The van der Waals surface area contributed by atoms with Crippen molar-refractivity contribution in [2.45, 2.75) is 6.92 Å². The van der Waals surface area contributed by atoms with Gasteiger partial charge in [-0.15, -0.1) is 0 Å². The van der Waals surface area contributed by atoms with Gasteiger partial charge in [0.25, 0.3) is 0 Å². The molecule has 0 amide bonds. The summed E-state index contributed by atoms with van der Waals surface area (Å²) < 4.78 is 0. The Bertz CT molecular complexity index is 514. The zero-order valence-electron chi connectivity index (χ0n) is 9.22. The van der Waals surface area contributed by atoms with Gasteiger partial charge in [-0.05, 0) is 42.1 Å². The summed E-state index contributed by atoms with van der Waals surface area (Å²) >= 11 is 0. The van der Waals surface area contributed by atoms with Gasteiger partial charge in [-0.3, -0.25) is 4.98 Å². The molecule has 2 aromatic heterocycles. The molecule has 0 spiro atoms. The van der Waals surface area contributed by atoms with E-state index >= 15 is 0 Å². The van der Waals surface area contributed by atoms with E-state index in [1.807, 2.05) is 24.4 Å². The van der Waals surface area contributed by atoms with Crippen molar-refractivity contribution in [2.24, 2.45) is 0 Å². The molecule has 1 aromatic carbocycles. The number of pyridine rings is 1. The quantitative estimate of drug-likeness (QED) is 0.604. The summed E-state index contributed by atoms with van der Waals surface area (Å²) in [6.07, 6.45) is 5.46. The molecule has 80 valence electrons. The molecule has 0 aliphatic rings. The van der Waals surface area contributed by atoms with Crippen molar-refractivity contribution in [1.82, 2.24) is 9.97 Å². The maximum absolute atomic E-state index is 3.78. The van der Waals surface area contributed by atoms with E-state index in [-0.39, 0.29) is 0 Å². The van der Waals surface area contributed by atoms with Crippen LogP contribution in [0.5, 0.6) is 0 Å². The van der Waals surface area contributed by atoms with Crippen LogP contribution in [-0.2, 0) is 0 Å². The van der Waals surface area contributed by atoms with Gasteiger partial charge in [0.05, 0.1) is 0 Å². The highest BCUT2D eigenvalue weighted by molar-refractivity contribution is 5.79. The first-order chi connectivity index (χ1) is 7.86. The number of aryl methyl sites for hydroxylation is 1. The monoisotopic (exact) mass is 210 g/mol. The smallest absolute Gasteiger partial charge is 0.0456 e. The molecule has 0 saturated heterocycles. The van der Waals surface area contributed by atoms with Crippen molar-refractivity contribution < 1.29 is 0 Å². The van der Waals surface area contributed by atoms with Gasteiger partial charge in [0.1, 0.15) is 0 Å². The predicted octanol–water partition coefficient (Wildman–Crippen LogP) is 3.56. The molecule has 0 fully saturated rings. The fourth-order valence-electron chi connectivity index (χ4n) is 1.47. The normalized spacial score (nSPS) is 9.56. The van der Waals surface area contributed by atoms with Gasteiger partial charge in [0, 0.05) is 24.1 Å². The Morgan fingerprint density at radius 2 is 1.81 bits per heavy atom. The molecule has 1 N–H and O–H groups in total. The van der Waals surface area contributed by atoms with Crippen molar-refractivity contribution in [3.63, 3.8) is 0 Å². The third-order valence-electron chi connectivity index (χ3n) is 2.28. The molecule has 2 nitrogen and oxygen atoms in total. The first-order valence-electron chi connectivity index (χ1n) is 5.25. The van der Waals surface area contributed by atoms with Gasteiger partial charge < -0.3 is 4.98 Å². The van der Waals surface area contributed by atoms with Gasteiger partial charge in [0.2, 0.25) is 0 Å². The Morgan fingerprint density at radius 3 is 2.44 bits per heavy atom. The number of hydrogen-bond acceptors (Lipinski definition) is 1. The standard InChI is InChI=1S/C9H9N.C5H5N/c1-7-2-3-8-4-5-10-9(8)6-7;1-2-4-6-5-3-1/h2-6,10H,1H3;1-5H. The van der Waals surface area contributed by atoms with Crippen molar-refractivity contribution in [3.8, 4) is 0 Å². The molecule has 2 heteroatoms. The number of fused-ring (bicyclic) bond motifs is 1. The second-order valence-corrected chi connectivity index (χ2v) is 3.59. The number of rotatable bonds is 0. The van der Waals surface area contributed by atoms with Crippen LogP contribution in [0.4, 0.5) is 0 Å². The topological polar surface area (TPSA) is 28.7 Å². The lowest BCUT2D eigenvalue weighted by Crippen LogP contribution is -1.70. The molecule has 16 heavy (non-hydrogen) atoms. The highest BCUT2D eigenvalue weighted by Gasteiger charge is 1.91. The van der Waals surface area contributed by atoms with E-state index in [1.54, 1.807) is 12.4 Å². The number of aromatic amines is 1. The number of nitrogens with zero attached hydrogens (tertiary/aromatic N) is 1. The van der Waals surface area contributed by atoms with Crippen LogP contribution in [0.2, 0.25) is 0 Å². The first-order valence-corrected chi connectivity index (χ1v) is 5.25. The Balaban J connectivity index is 0.000000138. The van der Waals surface area contributed by atoms with E-state index in [4.69, 9.17) is 0 Å². The van der Waals surface area contributed by atoms with E-state index in [0.717, 1.165) is 0 Å². The second-order valence-electron chi connectivity index (χ2n) is 3.59. The summed E-state index contributed by atoms with van der Waals surface area (Å²) in [5.74, 6) is 0. The SMILES string of the molecule is Cc1ccc2cc[nH]c2c1.c1ccncc1. The number of benzene rings is 1. The average Bonchev–Trinajstić information content (AvgIpc) is 2.79. The highest BCUT2D eigenvalue weighted by Crippen LogP contribution is 2.12. The summed E-state index contributed by atoms with van der Waals surface area (Å²) in [7, 11) is 0. The molecule has 0 unspecified atom stereocenters. The minimum absolute atomic E-state index is 1.22. The molecular formula is C14H14N2. The number of H-pyrrole nitrogens is 1. The Kier molecular flexibility index (Phi) is 3.34. The zero-order chi connectivity index (χ0) is 11.2. The number of aromatic nitrogens is 2. The largest absolute Gasteiger partial charge is 0.361 e. The summed E-state index contributed by atoms with van der Waals surface area (Å²) in [5, 5.41) is 1.28. The highest BCUT2D eigenvalue weighted by atomic mass is 14.7. The first kappa shape index (κ1) is 10.4. The van der Waals surface area contributed by atoms with Crippen LogP contribution < -0.4 is 0 Å². The van der Waals surface area contributed by atoms with Crippen LogP contribution in [0.15, 0.2) is 61.1 Å². The Labute approximate surface area is 95.0 Å². The van der Waals surface area contributed by atoms with Crippen LogP contribution >= 0.6 is 0 Å². The van der Waals surface area contributed by atoms with E-state index in [1.165, 1.54) is 16.5 Å². The van der Waals surface area contributed by atoms with Crippen molar-refractivity contribution in [1.29, 1.82) is 0 Å². The molecule has 3 aromatic rings. The third kappa shape index (κ3) is 2.70. The molecule has 0 aliphatic carbocycles. The van der Waals surface area contributed by atoms with E-state index in [9.17, 15) is 0 Å². The lowest BCUT2D eigenvalue weighted by Gasteiger charge is -1.90. The summed E-state index contributed by atoms with van der Waals surface area (Å²) in [5.41, 5.74) is 2.52. The Hall–Kier alpha value is -2.09. The average molecular weight is 210 g/mol. The minimum Gasteiger partial charge on any atom is -0.361 e. The fraction of sp³-hybridized carbons (Fsp3) is 0.0714. The third-order valence-corrected chi connectivity index (χ3v) is 2.28.